The summed E-state index contributed by atoms with van der Waals surface area (Å²) >= 11 is 0. The van der Waals surface area contributed by atoms with Crippen molar-refractivity contribution in [1.82, 2.24) is 0 Å². The molecule has 0 aliphatic carbocycles. The highest BCUT2D eigenvalue weighted by molar-refractivity contribution is 5.22. The summed E-state index contributed by atoms with van der Waals surface area (Å²) in [5.41, 5.74) is 0. The van der Waals surface area contributed by atoms with Crippen LogP contribution in [0.1, 0.15) is 0 Å². The van der Waals surface area contributed by atoms with Crippen LogP contribution in [0.3, 0.4) is 0 Å². The molecular weight excluding hydrogens is 448 g/mol. The van der Waals surface area contributed by atoms with Crippen LogP contribution >= 0.6 is 0 Å². The molecule has 28 heavy (non-hydrogen) atoms. The molecule has 0 fully saturated rings. The van der Waals surface area contributed by atoms with Crippen LogP contribution in [0.2, 0.25) is 0 Å². The van der Waals surface area contributed by atoms with Crippen molar-refractivity contribution in [2.24, 2.45) is 0 Å². The van der Waals surface area contributed by atoms with Gasteiger partial charge in [-0.3, -0.25) is 0 Å². The quantitative estimate of drug-likeness (QED) is 0.363. The lowest BCUT2D eigenvalue weighted by molar-refractivity contribution is -0.447. The Morgan fingerprint density at radius 2 is 0.464 bits per heavy atom. The minimum Gasteiger partial charge on any atom is -0.192 e. The summed E-state index contributed by atoms with van der Waals surface area (Å²) < 4.78 is 207. The normalized spacial score (nSPS) is 15.8. The van der Waals surface area contributed by atoms with E-state index in [1.54, 1.807) is 0 Å². The topological polar surface area (TPSA) is 0 Å². The molecule has 0 amide bonds. The number of terminal acetylenes is 2. The first-order valence-electron chi connectivity index (χ1n) is 5.85. The summed E-state index contributed by atoms with van der Waals surface area (Å²) in [4.78, 5) is 0. The van der Waals surface area contributed by atoms with Crippen LogP contribution in [-0.4, -0.2) is 47.4 Å². The average Bonchev–Trinajstić information content (AvgIpc) is 2.53. The van der Waals surface area contributed by atoms with Crippen molar-refractivity contribution in [2.75, 3.05) is 0 Å². The maximum Gasteiger partial charge on any atom is 0.390 e. The average molecular weight is 450 g/mol. The van der Waals surface area contributed by atoms with Gasteiger partial charge in [0.2, 0.25) is 0 Å². The van der Waals surface area contributed by atoms with Crippen molar-refractivity contribution >= 4 is 0 Å². The first kappa shape index (κ1) is 26.0. The van der Waals surface area contributed by atoms with E-state index in [9.17, 15) is 70.2 Å². The fraction of sp³-hybridized carbons (Fsp3) is 0.667. The molecule has 0 aromatic heterocycles. The standard InChI is InChI=1S/C12H2F16/c1-3-5(13,14)7(17,18)9(21,22)11(25,26)12(27,28)10(23,24)8(19,20)6(15,16)4-2/h1-2H. The summed E-state index contributed by atoms with van der Waals surface area (Å²) in [5.74, 6) is -63.4. The van der Waals surface area contributed by atoms with Gasteiger partial charge in [-0.05, 0) is 11.8 Å². The summed E-state index contributed by atoms with van der Waals surface area (Å²) in [6, 6.07) is 0. The first-order chi connectivity index (χ1) is 11.9. The molecular formula is C12H2F16. The highest BCUT2D eigenvalue weighted by Crippen LogP contribution is 2.63. The highest BCUT2D eigenvalue weighted by Gasteiger charge is 2.94. The SMILES string of the molecule is C#CC(F)(F)C(F)(F)C(F)(F)C(F)(F)C(F)(F)C(F)(F)C(F)(F)C(F)(F)C#C. The van der Waals surface area contributed by atoms with Crippen LogP contribution in [0.15, 0.2) is 0 Å². The Labute approximate surface area is 143 Å². The van der Waals surface area contributed by atoms with Crippen molar-refractivity contribution in [3.05, 3.63) is 0 Å². The van der Waals surface area contributed by atoms with Gasteiger partial charge in [0.1, 0.15) is 0 Å². The van der Waals surface area contributed by atoms with Gasteiger partial charge < -0.3 is 0 Å². The van der Waals surface area contributed by atoms with Gasteiger partial charge >= 0.3 is 47.4 Å². The fourth-order valence-electron chi connectivity index (χ4n) is 1.36. The van der Waals surface area contributed by atoms with Crippen LogP contribution in [0, 0.1) is 24.7 Å². The fourth-order valence-corrected chi connectivity index (χ4v) is 1.36. The molecule has 0 unspecified atom stereocenters. The lowest BCUT2D eigenvalue weighted by atomic mass is 9.88. The number of halogens is 16. The van der Waals surface area contributed by atoms with Gasteiger partial charge in [-0.1, -0.05) is 0 Å². The summed E-state index contributed by atoms with van der Waals surface area (Å²) in [6.45, 7) is 0. The van der Waals surface area contributed by atoms with Gasteiger partial charge in [0.05, 0.1) is 0 Å². The van der Waals surface area contributed by atoms with Crippen LogP contribution in [0.5, 0.6) is 0 Å². The zero-order valence-electron chi connectivity index (χ0n) is 12.2. The second kappa shape index (κ2) is 6.25. The number of alkyl halides is 16. The lowest BCUT2D eigenvalue weighted by Gasteiger charge is -2.42. The lowest BCUT2D eigenvalue weighted by Crippen LogP contribution is -2.74. The third kappa shape index (κ3) is 2.83. The molecule has 0 aromatic rings. The van der Waals surface area contributed by atoms with Gasteiger partial charge in [0, 0.05) is 0 Å². The molecule has 0 saturated carbocycles. The molecule has 0 rings (SSSR count). The molecule has 0 heterocycles. The Morgan fingerprint density at radius 1 is 0.321 bits per heavy atom. The molecule has 0 nitrogen and oxygen atoms in total. The van der Waals surface area contributed by atoms with E-state index in [0.717, 1.165) is 0 Å². The molecule has 0 spiro atoms. The molecule has 0 aliphatic rings. The van der Waals surface area contributed by atoms with Crippen LogP contribution in [0.25, 0.3) is 0 Å². The Bertz CT molecular complexity index is 625. The van der Waals surface area contributed by atoms with E-state index < -0.39 is 59.2 Å². The number of hydrogen-bond acceptors (Lipinski definition) is 0. The number of hydrogen-bond donors (Lipinski definition) is 0. The van der Waals surface area contributed by atoms with E-state index in [2.05, 4.69) is 12.8 Å². The second-order valence-electron chi connectivity index (χ2n) is 4.88. The van der Waals surface area contributed by atoms with Crippen molar-refractivity contribution in [1.29, 1.82) is 0 Å². The monoisotopic (exact) mass is 450 g/mol. The van der Waals surface area contributed by atoms with E-state index >= 15 is 0 Å². The molecule has 0 atom stereocenters. The highest BCUT2D eigenvalue weighted by atomic mass is 19.4. The third-order valence-corrected chi connectivity index (χ3v) is 3.12. The van der Waals surface area contributed by atoms with Gasteiger partial charge in [-0.2, -0.15) is 70.2 Å². The van der Waals surface area contributed by atoms with Crippen molar-refractivity contribution in [3.8, 4) is 24.7 Å². The van der Waals surface area contributed by atoms with Gasteiger partial charge in [-0.25, -0.2) is 0 Å². The molecule has 0 bridgehead atoms. The van der Waals surface area contributed by atoms with Gasteiger partial charge in [-0.15, -0.1) is 12.8 Å². The summed E-state index contributed by atoms with van der Waals surface area (Å²) in [7, 11) is 0. The van der Waals surface area contributed by atoms with Crippen molar-refractivity contribution in [3.63, 3.8) is 0 Å². The largest absolute Gasteiger partial charge is 0.390 e. The summed E-state index contributed by atoms with van der Waals surface area (Å²) in [6.07, 6.45) is 7.27. The Morgan fingerprint density at radius 3 is 0.607 bits per heavy atom. The predicted molar refractivity (Wildman–Crippen MR) is 57.2 cm³/mol. The van der Waals surface area contributed by atoms with Crippen molar-refractivity contribution < 1.29 is 70.2 Å². The predicted octanol–water partition coefficient (Wildman–Crippen LogP) is 5.34. The van der Waals surface area contributed by atoms with E-state index in [0.29, 0.717) is 0 Å². The van der Waals surface area contributed by atoms with Crippen molar-refractivity contribution in [2.45, 2.75) is 47.4 Å². The van der Waals surface area contributed by atoms with E-state index in [1.165, 1.54) is 0 Å². The van der Waals surface area contributed by atoms with E-state index in [-0.39, 0.29) is 0 Å². The Kier molecular flexibility index (Phi) is 5.80. The molecule has 0 aliphatic heterocycles. The molecule has 162 valence electrons. The first-order valence-corrected chi connectivity index (χ1v) is 5.85. The van der Waals surface area contributed by atoms with E-state index in [4.69, 9.17) is 0 Å². The van der Waals surface area contributed by atoms with Gasteiger partial charge in [0.25, 0.3) is 0 Å². The van der Waals surface area contributed by atoms with Crippen LogP contribution < -0.4 is 0 Å². The Balaban J connectivity index is 6.80. The van der Waals surface area contributed by atoms with E-state index in [1.807, 2.05) is 0 Å². The zero-order chi connectivity index (χ0) is 23.4. The molecule has 0 saturated heterocycles. The second-order valence-corrected chi connectivity index (χ2v) is 4.88. The molecule has 0 N–H and O–H groups in total. The molecule has 0 aromatic carbocycles. The minimum atomic E-state index is -8.48. The summed E-state index contributed by atoms with van der Waals surface area (Å²) in [5, 5.41) is 0. The maximum atomic E-state index is 13.2. The minimum absolute atomic E-state index is 0.510. The molecule has 16 heteroatoms. The number of rotatable bonds is 7. The van der Waals surface area contributed by atoms with Crippen LogP contribution in [-0.2, 0) is 0 Å². The molecule has 0 radical (unpaired) electrons. The third-order valence-electron chi connectivity index (χ3n) is 3.12. The van der Waals surface area contributed by atoms with Crippen LogP contribution in [0.4, 0.5) is 70.2 Å². The van der Waals surface area contributed by atoms with Gasteiger partial charge in [0.15, 0.2) is 0 Å². The Hall–Kier alpha value is -2.00. The maximum absolute atomic E-state index is 13.2. The zero-order valence-corrected chi connectivity index (χ0v) is 12.2. The smallest absolute Gasteiger partial charge is 0.192 e.